The minimum Gasteiger partial charge on any atom is -0.465 e. The molecule has 2 aromatic heterocycles. The van der Waals surface area contributed by atoms with Gasteiger partial charge >= 0.3 is 0 Å². The Morgan fingerprint density at radius 3 is 2.59 bits per heavy atom. The summed E-state index contributed by atoms with van der Waals surface area (Å²) in [5.41, 5.74) is 3.97. The average molecular weight is 385 g/mol. The van der Waals surface area contributed by atoms with Crippen molar-refractivity contribution in [2.24, 2.45) is 0 Å². The second-order valence-corrected chi connectivity index (χ2v) is 6.58. The van der Waals surface area contributed by atoms with Crippen LogP contribution in [-0.2, 0) is 4.79 Å². The highest BCUT2D eigenvalue weighted by Crippen LogP contribution is 2.22. The monoisotopic (exact) mass is 385 g/mol. The lowest BCUT2D eigenvalue weighted by atomic mass is 10.1. The van der Waals surface area contributed by atoms with E-state index < -0.39 is 0 Å². The van der Waals surface area contributed by atoms with Gasteiger partial charge in [0.15, 0.2) is 5.82 Å². The van der Waals surface area contributed by atoms with Gasteiger partial charge in [-0.1, -0.05) is 36.4 Å². The number of nitrogens with one attached hydrogen (secondary N) is 1. The van der Waals surface area contributed by atoms with Crippen LogP contribution in [0.1, 0.15) is 16.9 Å². The summed E-state index contributed by atoms with van der Waals surface area (Å²) in [5.74, 6) is 0.623. The van der Waals surface area contributed by atoms with Gasteiger partial charge < -0.3 is 9.73 Å². The minimum atomic E-state index is -0.353. The molecule has 2 heterocycles. The van der Waals surface area contributed by atoms with Gasteiger partial charge in [0.2, 0.25) is 0 Å². The first kappa shape index (κ1) is 18.4. The molecule has 1 N–H and O–H groups in total. The molecule has 1 amide bonds. The van der Waals surface area contributed by atoms with Crippen LogP contribution in [0.25, 0.3) is 23.2 Å². The van der Waals surface area contributed by atoms with Crippen LogP contribution in [0.2, 0.25) is 0 Å². The Morgan fingerprint density at radius 1 is 1.03 bits per heavy atom. The van der Waals surface area contributed by atoms with E-state index in [1.165, 1.54) is 4.68 Å². The fourth-order valence-electron chi connectivity index (χ4n) is 2.86. The fourth-order valence-corrected chi connectivity index (χ4v) is 2.86. The molecule has 2 aromatic carbocycles. The average Bonchev–Trinajstić information content (AvgIpc) is 3.41. The number of anilines is 1. The largest absolute Gasteiger partial charge is 0.465 e. The van der Waals surface area contributed by atoms with Crippen LogP contribution in [0.5, 0.6) is 0 Å². The second kappa shape index (κ2) is 7.93. The van der Waals surface area contributed by atoms with Crippen molar-refractivity contribution in [2.45, 2.75) is 13.8 Å². The molecule has 0 aliphatic carbocycles. The molecule has 0 saturated carbocycles. The highest BCUT2D eigenvalue weighted by molar-refractivity contribution is 6.24. The number of furan rings is 1. The van der Waals surface area contributed by atoms with Gasteiger partial charge in [-0.2, -0.15) is 4.68 Å². The van der Waals surface area contributed by atoms with Crippen molar-refractivity contribution in [3.63, 3.8) is 0 Å². The SMILES string of the molecule is Cc1ccc(NC(=O)/C(=C\c2ccco2)n2nnnc2-c2ccccc2)cc1C. The Bertz CT molecular complexity index is 1160. The topological polar surface area (TPSA) is 85.8 Å². The third-order valence-electron chi connectivity index (χ3n) is 4.55. The molecule has 144 valence electrons. The molecule has 0 radical (unpaired) electrons. The molecule has 0 aliphatic heterocycles. The molecule has 0 unspecified atom stereocenters. The smallest absolute Gasteiger partial charge is 0.274 e. The van der Waals surface area contributed by atoms with Gasteiger partial charge in [-0.25, -0.2) is 0 Å². The summed E-state index contributed by atoms with van der Waals surface area (Å²) in [6.07, 6.45) is 3.15. The maximum Gasteiger partial charge on any atom is 0.274 e. The molecule has 7 nitrogen and oxygen atoms in total. The van der Waals surface area contributed by atoms with E-state index in [9.17, 15) is 4.79 Å². The number of aryl methyl sites for hydroxylation is 2. The van der Waals surface area contributed by atoms with Crippen LogP contribution < -0.4 is 5.32 Å². The lowest BCUT2D eigenvalue weighted by molar-refractivity contribution is -0.111. The van der Waals surface area contributed by atoms with Crippen LogP contribution in [0.15, 0.2) is 71.3 Å². The quantitative estimate of drug-likeness (QED) is 0.521. The van der Waals surface area contributed by atoms with Crippen molar-refractivity contribution >= 4 is 23.4 Å². The zero-order chi connectivity index (χ0) is 20.2. The van der Waals surface area contributed by atoms with E-state index in [0.29, 0.717) is 17.3 Å². The van der Waals surface area contributed by atoms with Crippen LogP contribution in [0.3, 0.4) is 0 Å². The van der Waals surface area contributed by atoms with Gasteiger partial charge in [-0.15, -0.1) is 5.10 Å². The summed E-state index contributed by atoms with van der Waals surface area (Å²) in [4.78, 5) is 13.2. The first-order chi connectivity index (χ1) is 14.1. The van der Waals surface area contributed by atoms with Crippen molar-refractivity contribution in [1.29, 1.82) is 0 Å². The number of benzene rings is 2. The van der Waals surface area contributed by atoms with E-state index in [-0.39, 0.29) is 11.6 Å². The van der Waals surface area contributed by atoms with Gasteiger partial charge in [0.1, 0.15) is 11.5 Å². The molecule has 0 fully saturated rings. The van der Waals surface area contributed by atoms with Crippen LogP contribution in [-0.4, -0.2) is 26.1 Å². The zero-order valence-corrected chi connectivity index (χ0v) is 16.0. The highest BCUT2D eigenvalue weighted by Gasteiger charge is 2.20. The second-order valence-electron chi connectivity index (χ2n) is 6.58. The lowest BCUT2D eigenvalue weighted by Crippen LogP contribution is -2.19. The Hall–Kier alpha value is -4.00. The molecule has 4 aromatic rings. The van der Waals surface area contributed by atoms with Crippen molar-refractivity contribution in [1.82, 2.24) is 20.2 Å². The number of rotatable bonds is 5. The summed E-state index contributed by atoms with van der Waals surface area (Å²) < 4.78 is 6.82. The van der Waals surface area contributed by atoms with Crippen molar-refractivity contribution in [3.8, 4) is 11.4 Å². The molecule has 0 saturated heterocycles. The van der Waals surface area contributed by atoms with Crippen LogP contribution in [0, 0.1) is 13.8 Å². The highest BCUT2D eigenvalue weighted by atomic mass is 16.3. The number of nitrogens with zero attached hydrogens (tertiary/aromatic N) is 4. The predicted octanol–water partition coefficient (Wildman–Crippen LogP) is 4.19. The van der Waals surface area contributed by atoms with Crippen LogP contribution in [0.4, 0.5) is 5.69 Å². The molecular weight excluding hydrogens is 366 g/mol. The van der Waals surface area contributed by atoms with Gasteiger partial charge in [-0.3, -0.25) is 4.79 Å². The molecule has 29 heavy (non-hydrogen) atoms. The number of hydrogen-bond acceptors (Lipinski definition) is 5. The molecule has 0 bridgehead atoms. The number of hydrogen-bond donors (Lipinski definition) is 1. The summed E-state index contributed by atoms with van der Waals surface area (Å²) in [5, 5.41) is 14.9. The lowest BCUT2D eigenvalue weighted by Gasteiger charge is -2.11. The predicted molar refractivity (Wildman–Crippen MR) is 111 cm³/mol. The van der Waals surface area contributed by atoms with Crippen molar-refractivity contribution in [2.75, 3.05) is 5.32 Å². The minimum absolute atomic E-state index is 0.238. The van der Waals surface area contributed by atoms with Crippen LogP contribution >= 0.6 is 0 Å². The van der Waals surface area contributed by atoms with E-state index in [2.05, 4.69) is 20.8 Å². The zero-order valence-electron chi connectivity index (χ0n) is 16.0. The Labute approximate surface area is 167 Å². The fraction of sp³-hybridized carbons (Fsp3) is 0.0909. The van der Waals surface area contributed by atoms with Gasteiger partial charge in [0.25, 0.3) is 5.91 Å². The maximum atomic E-state index is 13.2. The number of amides is 1. The number of carbonyl (C=O) groups excluding carboxylic acids is 1. The van der Waals surface area contributed by atoms with E-state index in [4.69, 9.17) is 4.42 Å². The summed E-state index contributed by atoms with van der Waals surface area (Å²) in [6, 6.07) is 18.7. The molecule has 0 spiro atoms. The van der Waals surface area contributed by atoms with Crippen molar-refractivity contribution < 1.29 is 9.21 Å². The molecular formula is C22H19N5O2. The van der Waals surface area contributed by atoms with Gasteiger partial charge in [0.05, 0.1) is 6.26 Å². The Kier molecular flexibility index (Phi) is 5.03. The molecule has 4 rings (SSSR count). The first-order valence-corrected chi connectivity index (χ1v) is 9.10. The number of carbonyl (C=O) groups is 1. The third-order valence-corrected chi connectivity index (χ3v) is 4.55. The Balaban J connectivity index is 1.75. The molecule has 7 heteroatoms. The van der Waals surface area contributed by atoms with Gasteiger partial charge in [-0.05, 0) is 59.7 Å². The van der Waals surface area contributed by atoms with E-state index in [0.717, 1.165) is 16.7 Å². The summed E-state index contributed by atoms with van der Waals surface area (Å²) in [7, 11) is 0. The van der Waals surface area contributed by atoms with E-state index in [1.807, 2.05) is 62.4 Å². The first-order valence-electron chi connectivity index (χ1n) is 9.10. The molecule has 0 aliphatic rings. The molecule has 0 atom stereocenters. The third kappa shape index (κ3) is 3.98. The van der Waals surface area contributed by atoms with E-state index in [1.54, 1.807) is 24.5 Å². The number of aromatic nitrogens is 4. The number of tetrazole rings is 1. The van der Waals surface area contributed by atoms with E-state index >= 15 is 0 Å². The Morgan fingerprint density at radius 2 is 1.86 bits per heavy atom. The summed E-state index contributed by atoms with van der Waals surface area (Å²) in [6.45, 7) is 4.02. The summed E-state index contributed by atoms with van der Waals surface area (Å²) >= 11 is 0. The standard InChI is InChI=1S/C22H19N5O2/c1-15-10-11-18(13-16(15)2)23-22(28)20(14-19-9-6-12-29-19)27-21(24-25-26-27)17-7-4-3-5-8-17/h3-14H,1-2H3,(H,23,28)/b20-14+. The van der Waals surface area contributed by atoms with Gasteiger partial charge in [0, 0.05) is 17.3 Å². The maximum absolute atomic E-state index is 13.2. The normalized spacial score (nSPS) is 11.4. The van der Waals surface area contributed by atoms with Crippen molar-refractivity contribution in [3.05, 3.63) is 83.8 Å².